The Bertz CT molecular complexity index is 353. The van der Waals surface area contributed by atoms with E-state index in [1.165, 1.54) is 0 Å². The second-order valence-corrected chi connectivity index (χ2v) is 5.81. The fourth-order valence-electron chi connectivity index (χ4n) is 2.01. The summed E-state index contributed by atoms with van der Waals surface area (Å²) < 4.78 is 0. The van der Waals surface area contributed by atoms with Gasteiger partial charge in [-0.3, -0.25) is 9.59 Å². The van der Waals surface area contributed by atoms with Gasteiger partial charge in [-0.15, -0.1) is 0 Å². The maximum Gasteiger partial charge on any atom is 0.222 e. The Balaban J connectivity index is 2.72. The van der Waals surface area contributed by atoms with Gasteiger partial charge in [-0.2, -0.15) is 0 Å². The lowest BCUT2D eigenvalue weighted by Gasteiger charge is -2.37. The van der Waals surface area contributed by atoms with Gasteiger partial charge in [0.1, 0.15) is 0 Å². The number of hydrogen-bond donors (Lipinski definition) is 1. The Morgan fingerprint density at radius 3 is 2.53 bits per heavy atom. The molecule has 0 aromatic heterocycles. The molecular weight excluding hydrogens is 214 g/mol. The predicted octanol–water partition coefficient (Wildman–Crippen LogP) is 2.46. The zero-order chi connectivity index (χ0) is 13.2. The number of ketones is 1. The normalized spacial score (nSPS) is 21.4. The van der Waals surface area contributed by atoms with E-state index < -0.39 is 0 Å². The Kier molecular flexibility index (Phi) is 4.12. The summed E-state index contributed by atoms with van der Waals surface area (Å²) in [5.41, 5.74) is 0.529. The SMILES string of the molecule is CC1=CC[C@H](C(C)(C)NC(=O)C(C)C)CC1=O. The van der Waals surface area contributed by atoms with Crippen LogP contribution in [0.1, 0.15) is 47.5 Å². The van der Waals surface area contributed by atoms with Crippen LogP contribution in [0.25, 0.3) is 0 Å². The summed E-state index contributed by atoms with van der Waals surface area (Å²) in [6, 6.07) is 0. The fraction of sp³-hybridized carbons (Fsp3) is 0.714. The highest BCUT2D eigenvalue weighted by Crippen LogP contribution is 2.30. The summed E-state index contributed by atoms with van der Waals surface area (Å²) in [6.45, 7) is 9.61. The first-order valence-electron chi connectivity index (χ1n) is 6.26. The van der Waals surface area contributed by atoms with Crippen LogP contribution < -0.4 is 5.32 Å². The first-order chi connectivity index (χ1) is 7.74. The van der Waals surface area contributed by atoms with Gasteiger partial charge in [0.05, 0.1) is 0 Å². The van der Waals surface area contributed by atoms with Crippen LogP contribution in [0.2, 0.25) is 0 Å². The van der Waals surface area contributed by atoms with Crippen molar-refractivity contribution in [3.63, 3.8) is 0 Å². The number of rotatable bonds is 3. The first kappa shape index (κ1) is 13.9. The van der Waals surface area contributed by atoms with Crippen LogP contribution in [0.4, 0.5) is 0 Å². The van der Waals surface area contributed by atoms with E-state index in [0.717, 1.165) is 12.0 Å². The zero-order valence-electron chi connectivity index (χ0n) is 11.5. The molecule has 1 amide bonds. The topological polar surface area (TPSA) is 46.2 Å². The van der Waals surface area contributed by atoms with Gasteiger partial charge in [0.15, 0.2) is 5.78 Å². The molecule has 1 atom stereocenters. The third-order valence-corrected chi connectivity index (χ3v) is 3.57. The second kappa shape index (κ2) is 5.03. The molecule has 1 N–H and O–H groups in total. The monoisotopic (exact) mass is 237 g/mol. The lowest BCUT2D eigenvalue weighted by atomic mass is 9.77. The average molecular weight is 237 g/mol. The molecule has 0 spiro atoms. The van der Waals surface area contributed by atoms with Crippen molar-refractivity contribution in [1.29, 1.82) is 0 Å². The van der Waals surface area contributed by atoms with E-state index in [-0.39, 0.29) is 29.1 Å². The van der Waals surface area contributed by atoms with Crippen LogP contribution in [0.3, 0.4) is 0 Å². The smallest absolute Gasteiger partial charge is 0.222 e. The van der Waals surface area contributed by atoms with E-state index in [1.807, 2.05) is 40.7 Å². The van der Waals surface area contributed by atoms with Gasteiger partial charge in [0.25, 0.3) is 0 Å². The van der Waals surface area contributed by atoms with Gasteiger partial charge in [0.2, 0.25) is 5.91 Å². The molecule has 0 aliphatic heterocycles. The summed E-state index contributed by atoms with van der Waals surface area (Å²) in [5, 5.41) is 3.04. The number of allylic oxidation sites excluding steroid dienone is 2. The van der Waals surface area contributed by atoms with Crippen molar-refractivity contribution >= 4 is 11.7 Å². The molecule has 1 rings (SSSR count). The number of hydrogen-bond acceptors (Lipinski definition) is 2. The predicted molar refractivity (Wildman–Crippen MR) is 68.5 cm³/mol. The maximum absolute atomic E-state index is 11.7. The van der Waals surface area contributed by atoms with E-state index in [1.54, 1.807) is 0 Å². The number of amides is 1. The molecule has 1 aliphatic carbocycles. The van der Waals surface area contributed by atoms with Gasteiger partial charge in [-0.25, -0.2) is 0 Å². The lowest BCUT2D eigenvalue weighted by molar-refractivity contribution is -0.127. The van der Waals surface area contributed by atoms with Crippen LogP contribution in [0.15, 0.2) is 11.6 Å². The van der Waals surface area contributed by atoms with Gasteiger partial charge in [-0.05, 0) is 38.7 Å². The highest BCUT2D eigenvalue weighted by atomic mass is 16.2. The van der Waals surface area contributed by atoms with E-state index in [0.29, 0.717) is 6.42 Å². The minimum atomic E-state index is -0.325. The molecule has 0 saturated carbocycles. The van der Waals surface area contributed by atoms with E-state index in [2.05, 4.69) is 5.32 Å². The molecule has 3 heteroatoms. The third kappa shape index (κ3) is 3.42. The van der Waals surface area contributed by atoms with Crippen molar-refractivity contribution in [1.82, 2.24) is 5.32 Å². The minimum absolute atomic E-state index is 0.0224. The first-order valence-corrected chi connectivity index (χ1v) is 6.26. The van der Waals surface area contributed by atoms with Gasteiger partial charge < -0.3 is 5.32 Å². The molecule has 0 heterocycles. The summed E-state index contributed by atoms with van der Waals surface area (Å²) >= 11 is 0. The minimum Gasteiger partial charge on any atom is -0.351 e. The summed E-state index contributed by atoms with van der Waals surface area (Å²) in [6.07, 6.45) is 3.39. The largest absolute Gasteiger partial charge is 0.351 e. The summed E-state index contributed by atoms with van der Waals surface area (Å²) in [4.78, 5) is 23.4. The van der Waals surface area contributed by atoms with Crippen LogP contribution in [0.5, 0.6) is 0 Å². The van der Waals surface area contributed by atoms with Crippen LogP contribution in [-0.2, 0) is 9.59 Å². The molecule has 0 aromatic rings. The van der Waals surface area contributed by atoms with Gasteiger partial charge >= 0.3 is 0 Å². The number of carbonyl (C=O) groups is 2. The van der Waals surface area contributed by atoms with Crippen LogP contribution in [0, 0.1) is 11.8 Å². The molecule has 0 saturated heterocycles. The van der Waals surface area contributed by atoms with Crippen molar-refractivity contribution in [2.75, 3.05) is 0 Å². The molecular formula is C14H23NO2. The maximum atomic E-state index is 11.7. The lowest BCUT2D eigenvalue weighted by Crippen LogP contribution is -2.51. The van der Waals surface area contributed by atoms with Crippen molar-refractivity contribution in [3.8, 4) is 0 Å². The average Bonchev–Trinajstić information content (AvgIpc) is 2.21. The molecule has 1 aliphatic rings. The molecule has 0 bridgehead atoms. The highest BCUT2D eigenvalue weighted by Gasteiger charge is 2.34. The quantitative estimate of drug-likeness (QED) is 0.819. The van der Waals surface area contributed by atoms with Gasteiger partial charge in [0, 0.05) is 17.9 Å². The number of nitrogens with one attached hydrogen (secondary N) is 1. The molecule has 0 fully saturated rings. The molecule has 0 aromatic carbocycles. The van der Waals surface area contributed by atoms with Crippen molar-refractivity contribution in [2.45, 2.75) is 53.0 Å². The molecule has 96 valence electrons. The van der Waals surface area contributed by atoms with E-state index in [9.17, 15) is 9.59 Å². The Morgan fingerprint density at radius 2 is 2.06 bits per heavy atom. The van der Waals surface area contributed by atoms with E-state index in [4.69, 9.17) is 0 Å². The molecule has 0 unspecified atom stereocenters. The third-order valence-electron chi connectivity index (χ3n) is 3.57. The summed E-state index contributed by atoms with van der Waals surface area (Å²) in [7, 11) is 0. The van der Waals surface area contributed by atoms with Crippen LogP contribution in [-0.4, -0.2) is 17.2 Å². The standard InChI is InChI=1S/C14H23NO2/c1-9(2)13(17)15-14(4,5)11-7-6-10(3)12(16)8-11/h6,9,11H,7-8H2,1-5H3,(H,15,17)/t11-/m0/s1. The Morgan fingerprint density at radius 1 is 1.47 bits per heavy atom. The Hall–Kier alpha value is -1.12. The van der Waals surface area contributed by atoms with Crippen molar-refractivity contribution < 1.29 is 9.59 Å². The second-order valence-electron chi connectivity index (χ2n) is 5.81. The molecule has 17 heavy (non-hydrogen) atoms. The van der Waals surface area contributed by atoms with Crippen molar-refractivity contribution in [2.24, 2.45) is 11.8 Å². The zero-order valence-corrected chi connectivity index (χ0v) is 11.5. The number of carbonyl (C=O) groups excluding carboxylic acids is 2. The molecule has 0 radical (unpaired) electrons. The Labute approximate surface area is 104 Å². The fourth-order valence-corrected chi connectivity index (χ4v) is 2.01. The van der Waals surface area contributed by atoms with Gasteiger partial charge in [-0.1, -0.05) is 19.9 Å². The molecule has 3 nitrogen and oxygen atoms in total. The van der Waals surface area contributed by atoms with Crippen molar-refractivity contribution in [3.05, 3.63) is 11.6 Å². The van der Waals surface area contributed by atoms with E-state index >= 15 is 0 Å². The van der Waals surface area contributed by atoms with Crippen LogP contribution >= 0.6 is 0 Å². The number of Topliss-reactive ketones (excluding diaryl/α,β-unsaturated/α-hetero) is 1. The highest BCUT2D eigenvalue weighted by molar-refractivity contribution is 5.95. The summed E-state index contributed by atoms with van der Waals surface area (Å²) in [5.74, 6) is 0.425.